The molecule has 0 aromatic heterocycles. The largest absolute Gasteiger partial charge is 0.361 e. The molecular weight excluding hydrogens is 203 g/mol. The Labute approximate surface area is 78.1 Å². The van der Waals surface area contributed by atoms with E-state index in [2.05, 4.69) is 9.58 Å². The normalized spacial score (nSPS) is 8.17. The van der Waals surface area contributed by atoms with E-state index in [1.807, 2.05) is 0 Å². The Hall–Kier alpha value is -0.990. The van der Waals surface area contributed by atoms with Crippen LogP contribution in [0.3, 0.4) is 0 Å². The van der Waals surface area contributed by atoms with Crippen molar-refractivity contribution in [2.45, 2.75) is 0 Å². The van der Waals surface area contributed by atoms with Crippen LogP contribution in [0.1, 0.15) is 0 Å². The summed E-state index contributed by atoms with van der Waals surface area (Å²) in [6.07, 6.45) is 0. The fourth-order valence-corrected chi connectivity index (χ4v) is 0.782. The Balaban J connectivity index is 4.82. The Morgan fingerprint density at radius 3 is 1.58 bits per heavy atom. The number of nitrogens with zero attached hydrogens (tertiary/aromatic N) is 4. The first-order valence-electron chi connectivity index (χ1n) is 2.79. The smallest absolute Gasteiger partial charge is 0.361 e. The number of rotatable bonds is 4. The summed E-state index contributed by atoms with van der Waals surface area (Å²) in [4.78, 5) is 16.2. The molecule has 7 heteroatoms. The van der Waals surface area contributed by atoms with Crippen molar-refractivity contribution in [2.75, 3.05) is 11.8 Å². The lowest BCUT2D eigenvalue weighted by Gasteiger charge is -1.83. The number of hydrogen-bond donors (Lipinski definition) is 0. The van der Waals surface area contributed by atoms with Crippen molar-refractivity contribution >= 4 is 40.4 Å². The third-order valence-electron chi connectivity index (χ3n) is 1.02. The van der Waals surface area contributed by atoms with Gasteiger partial charge in [0.25, 0.3) is 0 Å². The molecule has 0 bridgehead atoms. The van der Waals surface area contributed by atoms with E-state index in [9.17, 15) is 4.79 Å². The molecule has 0 unspecified atom stereocenters. The van der Waals surface area contributed by atoms with Gasteiger partial charge in [0.1, 0.15) is 11.8 Å². The predicted octanol–water partition coefficient (Wildman–Crippen LogP) is 0.375. The molecule has 0 rings (SSSR count). The molecule has 0 saturated carbocycles. The molecule has 5 nitrogen and oxygen atoms in total. The molecule has 0 aliphatic heterocycles. The van der Waals surface area contributed by atoms with Crippen LogP contribution in [0.2, 0.25) is 0 Å². The van der Waals surface area contributed by atoms with Crippen molar-refractivity contribution in [1.29, 1.82) is 0 Å². The Morgan fingerprint density at radius 1 is 1.08 bits per heavy atom. The van der Waals surface area contributed by atoms with Crippen molar-refractivity contribution in [2.24, 2.45) is 0 Å². The molecule has 0 aliphatic carbocycles. The van der Waals surface area contributed by atoms with Gasteiger partial charge in [-0.3, -0.25) is 4.79 Å². The van der Waals surface area contributed by atoms with E-state index in [1.54, 1.807) is 0 Å². The van der Waals surface area contributed by atoms with Crippen molar-refractivity contribution in [3.63, 3.8) is 0 Å². The molecule has 0 radical (unpaired) electrons. The number of halogens is 2. The molecule has 64 valence electrons. The van der Waals surface area contributed by atoms with Crippen LogP contribution in [0.4, 0.5) is 0 Å². The summed E-state index contributed by atoms with van der Waals surface area (Å²) >= 11 is 10.5. The maximum atomic E-state index is 11.0. The van der Waals surface area contributed by atoms with Crippen LogP contribution in [0.15, 0.2) is 0 Å². The number of carbonyl (C=O) groups is 1. The van der Waals surface area contributed by atoms with Gasteiger partial charge in [-0.05, 0) is 0 Å². The van der Waals surface area contributed by atoms with Crippen molar-refractivity contribution < 1.29 is 14.4 Å². The Bertz CT molecular complexity index is 260. The number of Topliss-reactive ketones (excluding diaryl/α,β-unsaturated/α-hetero) is 1. The first-order valence-corrected chi connectivity index (χ1v) is 3.86. The van der Waals surface area contributed by atoms with E-state index in [0.717, 1.165) is 0 Å². The molecular formula is C5H4Cl2N4O. The van der Waals surface area contributed by atoms with E-state index in [0.29, 0.717) is 0 Å². The molecule has 0 atom stereocenters. The molecule has 0 spiro atoms. The van der Waals surface area contributed by atoms with E-state index >= 15 is 0 Å². The second-order valence-corrected chi connectivity index (χ2v) is 2.22. The number of ketones is 1. The summed E-state index contributed by atoms with van der Waals surface area (Å²) in [5.41, 5.74) is 15.8. The lowest BCUT2D eigenvalue weighted by molar-refractivity contribution is -0.115. The molecule has 0 saturated heterocycles. The lowest BCUT2D eigenvalue weighted by atomic mass is 10.2. The quantitative estimate of drug-likeness (QED) is 0.283. The van der Waals surface area contributed by atoms with Gasteiger partial charge in [-0.15, -0.1) is 23.2 Å². The van der Waals surface area contributed by atoms with Gasteiger partial charge in [-0.2, -0.15) is 9.58 Å². The number of carbonyl (C=O) groups excluding carboxylic acids is 1. The van der Waals surface area contributed by atoms with E-state index in [4.69, 9.17) is 34.3 Å². The summed E-state index contributed by atoms with van der Waals surface area (Å²) in [7, 11) is 0. The SMILES string of the molecule is [N-]=[N+]=C(CCl)C(=O)C(CCl)=[N+]=[N-]. The second kappa shape index (κ2) is 5.63. The molecule has 0 aromatic rings. The fourth-order valence-electron chi connectivity index (χ4n) is 0.432. The summed E-state index contributed by atoms with van der Waals surface area (Å²) in [6.45, 7) is 0. The number of hydrogen-bond acceptors (Lipinski definition) is 1. The first kappa shape index (κ1) is 11.0. The van der Waals surface area contributed by atoms with Crippen molar-refractivity contribution in [1.82, 2.24) is 0 Å². The minimum absolute atomic E-state index is 0.273. The zero-order valence-corrected chi connectivity index (χ0v) is 7.38. The van der Waals surface area contributed by atoms with Crippen LogP contribution in [0.25, 0.3) is 11.1 Å². The van der Waals surface area contributed by atoms with Crippen LogP contribution in [0, 0.1) is 0 Å². The zero-order chi connectivity index (χ0) is 9.56. The van der Waals surface area contributed by atoms with Crippen LogP contribution in [-0.2, 0) is 4.79 Å². The van der Waals surface area contributed by atoms with Gasteiger partial charge in [0.2, 0.25) is 0 Å². The summed E-state index contributed by atoms with van der Waals surface area (Å²) in [5, 5.41) is 0. The minimum Gasteiger partial charge on any atom is -0.361 e. The van der Waals surface area contributed by atoms with Gasteiger partial charge in [0.05, 0.1) is 0 Å². The molecule has 0 aliphatic rings. The zero-order valence-electron chi connectivity index (χ0n) is 5.87. The monoisotopic (exact) mass is 206 g/mol. The van der Waals surface area contributed by atoms with Crippen LogP contribution >= 0.6 is 23.2 Å². The maximum absolute atomic E-state index is 11.0. The summed E-state index contributed by atoms with van der Waals surface area (Å²) in [6, 6.07) is 0. The Morgan fingerprint density at radius 2 is 1.42 bits per heavy atom. The van der Waals surface area contributed by atoms with Gasteiger partial charge in [0, 0.05) is 0 Å². The molecule has 0 fully saturated rings. The topological polar surface area (TPSA) is 89.9 Å². The van der Waals surface area contributed by atoms with Gasteiger partial charge in [-0.1, -0.05) is 0 Å². The van der Waals surface area contributed by atoms with Crippen molar-refractivity contribution in [3.05, 3.63) is 11.1 Å². The highest BCUT2D eigenvalue weighted by Gasteiger charge is 2.30. The minimum atomic E-state index is -0.773. The predicted molar refractivity (Wildman–Crippen MR) is 43.7 cm³/mol. The average molecular weight is 207 g/mol. The van der Waals surface area contributed by atoms with Gasteiger partial charge >= 0.3 is 17.2 Å². The molecule has 12 heavy (non-hydrogen) atoms. The molecule has 0 heterocycles. The fraction of sp³-hybridized carbons (Fsp3) is 0.400. The maximum Gasteiger partial charge on any atom is 0.361 e. The standard InChI is InChI=1S/C5H4Cl2N4O/c6-1-3(10-8)5(12)4(2-7)11-9/h1-2H2. The van der Waals surface area contributed by atoms with Crippen molar-refractivity contribution in [3.8, 4) is 0 Å². The molecule has 0 amide bonds. The first-order chi connectivity index (χ1) is 5.71. The van der Waals surface area contributed by atoms with E-state index < -0.39 is 5.78 Å². The second-order valence-electron chi connectivity index (χ2n) is 1.69. The molecule has 0 N–H and O–H groups in total. The van der Waals surface area contributed by atoms with Crippen LogP contribution < -0.4 is 0 Å². The van der Waals surface area contributed by atoms with E-state index in [1.165, 1.54) is 0 Å². The average Bonchev–Trinajstić information content (AvgIpc) is 2.09. The van der Waals surface area contributed by atoms with Gasteiger partial charge in [-0.25, -0.2) is 0 Å². The lowest BCUT2D eigenvalue weighted by Crippen LogP contribution is -2.28. The highest BCUT2D eigenvalue weighted by atomic mass is 35.5. The number of alkyl halides is 2. The summed E-state index contributed by atoms with van der Waals surface area (Å²) < 4.78 is 0. The third-order valence-corrected chi connectivity index (χ3v) is 1.53. The third kappa shape index (κ3) is 2.57. The highest BCUT2D eigenvalue weighted by molar-refractivity contribution is 6.70. The van der Waals surface area contributed by atoms with Gasteiger partial charge in [0.15, 0.2) is 0 Å². The van der Waals surface area contributed by atoms with Crippen LogP contribution in [-0.4, -0.2) is 38.5 Å². The van der Waals surface area contributed by atoms with E-state index in [-0.39, 0.29) is 23.2 Å². The Kier molecular flexibility index (Phi) is 5.17. The molecule has 0 aromatic carbocycles. The van der Waals surface area contributed by atoms with Gasteiger partial charge < -0.3 is 11.1 Å². The highest BCUT2D eigenvalue weighted by Crippen LogP contribution is 1.87. The van der Waals surface area contributed by atoms with Crippen LogP contribution in [0.5, 0.6) is 0 Å². The summed E-state index contributed by atoms with van der Waals surface area (Å²) in [5.74, 6) is -1.32.